The Kier molecular flexibility index (Phi) is 2.07. The third-order valence-electron chi connectivity index (χ3n) is 2.20. The van der Waals surface area contributed by atoms with Gasteiger partial charge in [-0.25, -0.2) is 0 Å². The molecular weight excluding hydrogens is 164 g/mol. The number of methoxy groups -OCH3 is 1. The second-order valence-electron chi connectivity index (χ2n) is 3.03. The Hall–Kier alpha value is -1.28. The van der Waals surface area contributed by atoms with Crippen LogP contribution in [-0.2, 0) is 4.74 Å². The molecule has 0 unspecified atom stereocenters. The highest BCUT2D eigenvalue weighted by atomic mass is 16.6. The molecule has 0 radical (unpaired) electrons. The molecule has 1 aliphatic heterocycles. The lowest BCUT2D eigenvalue weighted by atomic mass is 10.1. The second kappa shape index (κ2) is 3.23. The quantitative estimate of drug-likeness (QED) is 0.520. The molecule has 0 bridgehead atoms. The molecule has 1 aromatic rings. The summed E-state index contributed by atoms with van der Waals surface area (Å²) in [6.07, 6.45) is 2.24. The van der Waals surface area contributed by atoms with Crippen molar-refractivity contribution in [3.8, 4) is 5.75 Å². The maximum absolute atomic E-state index is 5.37. The predicted molar refractivity (Wildman–Crippen MR) is 50.8 cm³/mol. The van der Waals surface area contributed by atoms with E-state index in [0.29, 0.717) is 0 Å². The van der Waals surface area contributed by atoms with Crippen LogP contribution in [0.2, 0.25) is 0 Å². The van der Waals surface area contributed by atoms with E-state index < -0.39 is 0 Å². The molecule has 0 aliphatic carbocycles. The molecule has 0 aromatic heterocycles. The predicted octanol–water partition coefficient (Wildman–Crippen LogP) is 2.32. The number of hydrogen-bond donors (Lipinski definition) is 0. The highest BCUT2D eigenvalue weighted by Gasteiger charge is 2.37. The van der Waals surface area contributed by atoms with Crippen LogP contribution in [0.5, 0.6) is 5.75 Å². The minimum Gasteiger partial charge on any atom is -0.497 e. The Morgan fingerprint density at radius 3 is 2.54 bits per heavy atom. The summed E-state index contributed by atoms with van der Waals surface area (Å²) in [5.41, 5.74) is 1.19. The molecule has 1 heterocycles. The van der Waals surface area contributed by atoms with Crippen LogP contribution in [-0.4, -0.2) is 13.2 Å². The largest absolute Gasteiger partial charge is 0.497 e. The third kappa shape index (κ3) is 1.58. The first-order valence-electron chi connectivity index (χ1n) is 4.27. The lowest BCUT2D eigenvalue weighted by molar-refractivity contribution is 0.393. The van der Waals surface area contributed by atoms with Gasteiger partial charge in [0.25, 0.3) is 0 Å². The van der Waals surface area contributed by atoms with Crippen LogP contribution in [0.3, 0.4) is 0 Å². The number of epoxide rings is 1. The van der Waals surface area contributed by atoms with Crippen LogP contribution in [0, 0.1) is 0 Å². The molecular formula is C11H12O2. The SMILES string of the molecule is C=C[C@H]1O[C@@H]1c1ccc(OC)cc1. The van der Waals surface area contributed by atoms with Crippen LogP contribution >= 0.6 is 0 Å². The average Bonchev–Trinajstić information content (AvgIpc) is 2.97. The standard InChI is InChI=1S/C11H12O2/c1-3-10-11(13-10)8-4-6-9(12-2)7-5-8/h3-7,10-11H,1H2,2H3/t10-,11-/m1/s1. The van der Waals surface area contributed by atoms with Gasteiger partial charge in [-0.3, -0.25) is 0 Å². The van der Waals surface area contributed by atoms with Crippen molar-refractivity contribution in [2.24, 2.45) is 0 Å². The number of benzene rings is 1. The second-order valence-corrected chi connectivity index (χ2v) is 3.03. The zero-order chi connectivity index (χ0) is 9.26. The molecule has 2 rings (SSSR count). The van der Waals surface area contributed by atoms with Crippen molar-refractivity contribution in [3.63, 3.8) is 0 Å². The maximum atomic E-state index is 5.37. The maximum Gasteiger partial charge on any atom is 0.118 e. The van der Waals surface area contributed by atoms with E-state index in [-0.39, 0.29) is 12.2 Å². The van der Waals surface area contributed by atoms with Crippen molar-refractivity contribution in [2.45, 2.75) is 12.2 Å². The molecule has 1 fully saturated rings. The Morgan fingerprint density at radius 1 is 1.38 bits per heavy atom. The van der Waals surface area contributed by atoms with E-state index in [1.807, 2.05) is 30.3 Å². The molecule has 0 N–H and O–H groups in total. The van der Waals surface area contributed by atoms with Crippen molar-refractivity contribution in [3.05, 3.63) is 42.5 Å². The lowest BCUT2D eigenvalue weighted by Gasteiger charge is -1.99. The molecule has 2 nitrogen and oxygen atoms in total. The molecule has 0 saturated carbocycles. The highest BCUT2D eigenvalue weighted by Crippen LogP contribution is 2.39. The summed E-state index contributed by atoms with van der Waals surface area (Å²) in [7, 11) is 1.66. The van der Waals surface area contributed by atoms with Gasteiger partial charge in [-0.15, -0.1) is 6.58 Å². The van der Waals surface area contributed by atoms with E-state index in [2.05, 4.69) is 6.58 Å². The Bertz CT molecular complexity index is 302. The van der Waals surface area contributed by atoms with Crippen LogP contribution < -0.4 is 4.74 Å². The van der Waals surface area contributed by atoms with Gasteiger partial charge < -0.3 is 9.47 Å². The molecule has 2 atom stereocenters. The topological polar surface area (TPSA) is 21.8 Å². The fourth-order valence-corrected chi connectivity index (χ4v) is 1.36. The fraction of sp³-hybridized carbons (Fsp3) is 0.273. The molecule has 1 aliphatic rings. The first kappa shape index (κ1) is 8.32. The van der Waals surface area contributed by atoms with Gasteiger partial charge in [0, 0.05) is 0 Å². The minimum absolute atomic E-state index is 0.202. The fourth-order valence-electron chi connectivity index (χ4n) is 1.36. The van der Waals surface area contributed by atoms with Crippen molar-refractivity contribution >= 4 is 0 Å². The molecule has 1 saturated heterocycles. The Balaban J connectivity index is 2.11. The van der Waals surface area contributed by atoms with Crippen LogP contribution in [0.1, 0.15) is 11.7 Å². The summed E-state index contributed by atoms with van der Waals surface area (Å²) in [5.74, 6) is 0.875. The smallest absolute Gasteiger partial charge is 0.118 e. The van der Waals surface area contributed by atoms with Crippen molar-refractivity contribution in [2.75, 3.05) is 7.11 Å². The van der Waals surface area contributed by atoms with E-state index >= 15 is 0 Å². The van der Waals surface area contributed by atoms with Gasteiger partial charge in [-0.05, 0) is 17.7 Å². The summed E-state index contributed by atoms with van der Waals surface area (Å²) in [6.45, 7) is 3.68. The van der Waals surface area contributed by atoms with Gasteiger partial charge in [0.2, 0.25) is 0 Å². The third-order valence-corrected chi connectivity index (χ3v) is 2.20. The van der Waals surface area contributed by atoms with Crippen LogP contribution in [0.15, 0.2) is 36.9 Å². The van der Waals surface area contributed by atoms with Crippen LogP contribution in [0.4, 0.5) is 0 Å². The lowest BCUT2D eigenvalue weighted by Crippen LogP contribution is -1.86. The first-order chi connectivity index (χ1) is 6.35. The number of rotatable bonds is 3. The van der Waals surface area contributed by atoms with Crippen LogP contribution in [0.25, 0.3) is 0 Å². The van der Waals surface area contributed by atoms with Gasteiger partial charge in [0.05, 0.1) is 7.11 Å². The van der Waals surface area contributed by atoms with Crippen molar-refractivity contribution < 1.29 is 9.47 Å². The summed E-state index contributed by atoms with van der Waals surface area (Å²) in [5, 5.41) is 0. The van der Waals surface area contributed by atoms with E-state index in [1.165, 1.54) is 5.56 Å². The monoisotopic (exact) mass is 176 g/mol. The Morgan fingerprint density at radius 2 is 2.08 bits per heavy atom. The summed E-state index contributed by atoms with van der Waals surface area (Å²) < 4.78 is 10.4. The van der Waals surface area contributed by atoms with E-state index in [0.717, 1.165) is 5.75 Å². The molecule has 0 spiro atoms. The van der Waals surface area contributed by atoms with E-state index in [1.54, 1.807) is 7.11 Å². The van der Waals surface area contributed by atoms with E-state index in [4.69, 9.17) is 9.47 Å². The summed E-state index contributed by atoms with van der Waals surface area (Å²) >= 11 is 0. The zero-order valence-electron chi connectivity index (χ0n) is 7.57. The Labute approximate surface area is 77.8 Å². The van der Waals surface area contributed by atoms with Gasteiger partial charge >= 0.3 is 0 Å². The normalized spacial score (nSPS) is 25.3. The molecule has 2 heteroatoms. The number of hydrogen-bond acceptors (Lipinski definition) is 2. The highest BCUT2D eigenvalue weighted by molar-refractivity contribution is 5.31. The average molecular weight is 176 g/mol. The van der Waals surface area contributed by atoms with Gasteiger partial charge in [-0.1, -0.05) is 18.2 Å². The summed E-state index contributed by atoms with van der Waals surface area (Å²) in [4.78, 5) is 0. The molecule has 68 valence electrons. The number of ether oxygens (including phenoxy) is 2. The molecule has 1 aromatic carbocycles. The van der Waals surface area contributed by atoms with Gasteiger partial charge in [0.1, 0.15) is 18.0 Å². The minimum atomic E-state index is 0.202. The summed E-state index contributed by atoms with van der Waals surface area (Å²) in [6, 6.07) is 7.92. The van der Waals surface area contributed by atoms with E-state index in [9.17, 15) is 0 Å². The first-order valence-corrected chi connectivity index (χ1v) is 4.27. The molecule has 13 heavy (non-hydrogen) atoms. The molecule has 0 amide bonds. The van der Waals surface area contributed by atoms with Crippen molar-refractivity contribution in [1.29, 1.82) is 0 Å². The zero-order valence-corrected chi connectivity index (χ0v) is 7.57. The van der Waals surface area contributed by atoms with Gasteiger partial charge in [-0.2, -0.15) is 0 Å². The van der Waals surface area contributed by atoms with Crippen molar-refractivity contribution in [1.82, 2.24) is 0 Å². The van der Waals surface area contributed by atoms with Gasteiger partial charge in [0.15, 0.2) is 0 Å².